The van der Waals surface area contributed by atoms with Crippen molar-refractivity contribution in [2.24, 2.45) is 0 Å². The smallest absolute Gasteiger partial charge is 0.0828 e. The van der Waals surface area contributed by atoms with Crippen LogP contribution in [0, 0.1) is 0 Å². The standard InChI is InChI=1S/C10H8ClNS/c11-9-6-2-1-3-7(6)12-8-4-5-13-10(8)9/h4-5H,1-3H2. The number of aryl methyl sites for hydroxylation is 1. The Labute approximate surface area is 85.4 Å². The maximum absolute atomic E-state index is 6.30. The number of thiophene rings is 1. The number of nitrogens with zero attached hydrogens (tertiary/aromatic N) is 1. The van der Waals surface area contributed by atoms with Gasteiger partial charge in [0.2, 0.25) is 0 Å². The van der Waals surface area contributed by atoms with E-state index in [-0.39, 0.29) is 0 Å². The molecule has 0 N–H and O–H groups in total. The zero-order chi connectivity index (χ0) is 8.84. The van der Waals surface area contributed by atoms with Crippen molar-refractivity contribution < 1.29 is 0 Å². The molecule has 0 aromatic carbocycles. The first-order valence-corrected chi connectivity index (χ1v) is 5.66. The van der Waals surface area contributed by atoms with Crippen LogP contribution in [0.3, 0.4) is 0 Å². The van der Waals surface area contributed by atoms with E-state index in [1.807, 2.05) is 6.07 Å². The lowest BCUT2D eigenvalue weighted by atomic mass is 10.2. The summed E-state index contributed by atoms with van der Waals surface area (Å²) in [6, 6.07) is 2.05. The number of rotatable bonds is 0. The molecule has 1 aliphatic carbocycles. The van der Waals surface area contributed by atoms with Gasteiger partial charge in [0.1, 0.15) is 0 Å². The fourth-order valence-corrected chi connectivity index (χ4v) is 3.15. The molecular formula is C10H8ClNS. The highest BCUT2D eigenvalue weighted by atomic mass is 35.5. The summed E-state index contributed by atoms with van der Waals surface area (Å²) in [6.45, 7) is 0. The molecule has 2 aromatic rings. The van der Waals surface area contributed by atoms with Crippen molar-refractivity contribution in [3.05, 3.63) is 27.7 Å². The van der Waals surface area contributed by atoms with Crippen LogP contribution < -0.4 is 0 Å². The summed E-state index contributed by atoms with van der Waals surface area (Å²) in [5, 5.41) is 3.01. The summed E-state index contributed by atoms with van der Waals surface area (Å²) in [7, 11) is 0. The monoisotopic (exact) mass is 209 g/mol. The molecule has 0 bridgehead atoms. The van der Waals surface area contributed by atoms with Crippen LogP contribution in [0.4, 0.5) is 0 Å². The largest absolute Gasteiger partial charge is 0.252 e. The van der Waals surface area contributed by atoms with Gasteiger partial charge in [0.15, 0.2) is 0 Å². The molecule has 0 saturated carbocycles. The minimum Gasteiger partial charge on any atom is -0.252 e. The van der Waals surface area contributed by atoms with E-state index in [1.54, 1.807) is 11.3 Å². The zero-order valence-corrected chi connectivity index (χ0v) is 8.58. The van der Waals surface area contributed by atoms with Crippen LogP contribution >= 0.6 is 22.9 Å². The van der Waals surface area contributed by atoms with E-state index < -0.39 is 0 Å². The van der Waals surface area contributed by atoms with Gasteiger partial charge in [0.05, 0.1) is 15.2 Å². The van der Waals surface area contributed by atoms with Crippen LogP contribution in [0.1, 0.15) is 17.7 Å². The molecule has 13 heavy (non-hydrogen) atoms. The highest BCUT2D eigenvalue weighted by molar-refractivity contribution is 7.17. The average Bonchev–Trinajstić information content (AvgIpc) is 2.71. The maximum atomic E-state index is 6.30. The molecule has 0 unspecified atom stereocenters. The first kappa shape index (κ1) is 7.77. The molecule has 2 heterocycles. The minimum atomic E-state index is 0.951. The summed E-state index contributed by atoms with van der Waals surface area (Å²) >= 11 is 7.98. The lowest BCUT2D eigenvalue weighted by molar-refractivity contribution is 0.901. The number of fused-ring (bicyclic) bond motifs is 2. The molecule has 66 valence electrons. The molecule has 0 aliphatic heterocycles. The molecule has 3 heteroatoms. The van der Waals surface area contributed by atoms with Crippen molar-refractivity contribution in [1.29, 1.82) is 0 Å². The van der Waals surface area contributed by atoms with Crippen LogP contribution in [0.15, 0.2) is 11.4 Å². The Morgan fingerprint density at radius 1 is 1.38 bits per heavy atom. The minimum absolute atomic E-state index is 0.951. The highest BCUT2D eigenvalue weighted by Gasteiger charge is 2.18. The third kappa shape index (κ3) is 1.02. The summed E-state index contributed by atoms with van der Waals surface area (Å²) in [5.74, 6) is 0. The van der Waals surface area contributed by atoms with E-state index in [0.29, 0.717) is 0 Å². The van der Waals surface area contributed by atoms with Gasteiger partial charge < -0.3 is 0 Å². The van der Waals surface area contributed by atoms with Crippen molar-refractivity contribution in [1.82, 2.24) is 4.98 Å². The first-order valence-electron chi connectivity index (χ1n) is 4.41. The maximum Gasteiger partial charge on any atom is 0.0828 e. The predicted octanol–water partition coefficient (Wildman–Crippen LogP) is 3.44. The van der Waals surface area contributed by atoms with Crippen molar-refractivity contribution in [3.8, 4) is 0 Å². The van der Waals surface area contributed by atoms with Gasteiger partial charge in [-0.1, -0.05) is 11.6 Å². The molecule has 0 spiro atoms. The molecule has 0 atom stereocenters. The molecule has 1 aliphatic rings. The average molecular weight is 210 g/mol. The Morgan fingerprint density at radius 2 is 2.31 bits per heavy atom. The molecule has 0 amide bonds. The van der Waals surface area contributed by atoms with Crippen molar-refractivity contribution in [3.63, 3.8) is 0 Å². The topological polar surface area (TPSA) is 12.9 Å². The quantitative estimate of drug-likeness (QED) is 0.648. The van der Waals surface area contributed by atoms with E-state index in [0.717, 1.165) is 28.1 Å². The van der Waals surface area contributed by atoms with Gasteiger partial charge in [-0.2, -0.15) is 0 Å². The molecule has 3 rings (SSSR count). The van der Waals surface area contributed by atoms with Crippen LogP contribution in [-0.2, 0) is 12.8 Å². The van der Waals surface area contributed by atoms with Crippen molar-refractivity contribution in [2.45, 2.75) is 19.3 Å². The highest BCUT2D eigenvalue weighted by Crippen LogP contribution is 2.35. The fraction of sp³-hybridized carbons (Fsp3) is 0.300. The van der Waals surface area contributed by atoms with E-state index in [2.05, 4.69) is 10.4 Å². The second-order valence-electron chi connectivity index (χ2n) is 3.34. The van der Waals surface area contributed by atoms with E-state index in [9.17, 15) is 0 Å². The molecule has 2 aromatic heterocycles. The van der Waals surface area contributed by atoms with Gasteiger partial charge in [-0.25, -0.2) is 0 Å². The Kier molecular flexibility index (Phi) is 1.61. The van der Waals surface area contributed by atoms with Crippen molar-refractivity contribution in [2.75, 3.05) is 0 Å². The van der Waals surface area contributed by atoms with Crippen molar-refractivity contribution >= 4 is 33.2 Å². The normalized spacial score (nSPS) is 15.2. The SMILES string of the molecule is Clc1c2c(nc3ccsc13)CCC2. The second kappa shape index (κ2) is 2.69. The third-order valence-corrected chi connectivity index (χ3v) is 4.00. The summed E-state index contributed by atoms with van der Waals surface area (Å²) in [4.78, 5) is 4.60. The van der Waals surface area contributed by atoms with E-state index >= 15 is 0 Å². The van der Waals surface area contributed by atoms with Crippen LogP contribution in [0.5, 0.6) is 0 Å². The number of aromatic nitrogens is 1. The Morgan fingerprint density at radius 3 is 3.23 bits per heavy atom. The van der Waals surface area contributed by atoms with E-state index in [4.69, 9.17) is 11.6 Å². The summed E-state index contributed by atoms with van der Waals surface area (Å²) < 4.78 is 1.15. The predicted molar refractivity (Wildman–Crippen MR) is 56.7 cm³/mol. The first-order chi connectivity index (χ1) is 6.36. The van der Waals surface area contributed by atoms with Gasteiger partial charge in [-0.15, -0.1) is 11.3 Å². The number of pyridine rings is 1. The fourth-order valence-electron chi connectivity index (χ4n) is 1.92. The van der Waals surface area contributed by atoms with Gasteiger partial charge >= 0.3 is 0 Å². The number of hydrogen-bond donors (Lipinski definition) is 0. The van der Waals surface area contributed by atoms with Gasteiger partial charge in [0.25, 0.3) is 0 Å². The lowest BCUT2D eigenvalue weighted by Gasteiger charge is -2.01. The second-order valence-corrected chi connectivity index (χ2v) is 4.63. The zero-order valence-electron chi connectivity index (χ0n) is 7.01. The van der Waals surface area contributed by atoms with Gasteiger partial charge in [-0.3, -0.25) is 4.98 Å². The molecular weight excluding hydrogens is 202 g/mol. The van der Waals surface area contributed by atoms with E-state index in [1.165, 1.54) is 17.7 Å². The summed E-state index contributed by atoms with van der Waals surface area (Å²) in [6.07, 6.45) is 3.41. The number of halogens is 1. The third-order valence-electron chi connectivity index (χ3n) is 2.55. The molecule has 0 saturated heterocycles. The van der Waals surface area contributed by atoms with Crippen LogP contribution in [-0.4, -0.2) is 4.98 Å². The Balaban J connectivity index is 2.45. The summed E-state index contributed by atoms with van der Waals surface area (Å²) in [5.41, 5.74) is 3.57. The van der Waals surface area contributed by atoms with Crippen LogP contribution in [0.25, 0.3) is 10.2 Å². The van der Waals surface area contributed by atoms with Crippen LogP contribution in [0.2, 0.25) is 5.02 Å². The Bertz CT molecular complexity index is 475. The molecule has 1 nitrogen and oxygen atoms in total. The molecule has 0 fully saturated rings. The lowest BCUT2D eigenvalue weighted by Crippen LogP contribution is -1.88. The van der Waals surface area contributed by atoms with Gasteiger partial charge in [-0.05, 0) is 36.3 Å². The van der Waals surface area contributed by atoms with Gasteiger partial charge in [0, 0.05) is 5.69 Å². The molecule has 0 radical (unpaired) electrons. The Hall–Kier alpha value is -0.600. The number of hydrogen-bond acceptors (Lipinski definition) is 2.